The summed E-state index contributed by atoms with van der Waals surface area (Å²) in [4.78, 5) is 11.1. The van der Waals surface area contributed by atoms with Crippen molar-refractivity contribution >= 4 is 5.91 Å². The van der Waals surface area contributed by atoms with Crippen LogP contribution in [0.25, 0.3) is 11.1 Å². The molecule has 4 nitrogen and oxygen atoms in total. The summed E-state index contributed by atoms with van der Waals surface area (Å²) in [5.74, 6) is 0.743. The van der Waals surface area contributed by atoms with E-state index < -0.39 is 0 Å². The minimum absolute atomic E-state index is 0.0217. The van der Waals surface area contributed by atoms with E-state index in [1.165, 1.54) is 0 Å². The summed E-state index contributed by atoms with van der Waals surface area (Å²) in [7, 11) is 1.62. The van der Waals surface area contributed by atoms with Crippen molar-refractivity contribution in [1.82, 2.24) is 5.32 Å². The predicted octanol–water partition coefficient (Wildman–Crippen LogP) is 2.33. The molecule has 2 rings (SSSR count). The third-order valence-corrected chi connectivity index (χ3v) is 3.25. The highest BCUT2D eigenvalue weighted by atomic mass is 16.5. The number of ether oxygens (including phenoxy) is 1. The second-order valence-corrected chi connectivity index (χ2v) is 4.70. The molecule has 0 aromatic heterocycles. The van der Waals surface area contributed by atoms with Crippen LogP contribution in [-0.4, -0.2) is 19.6 Å². The topological polar surface area (TPSA) is 64.3 Å². The molecule has 1 amide bonds. The van der Waals surface area contributed by atoms with Crippen LogP contribution in [-0.2, 0) is 11.3 Å². The molecule has 0 heterocycles. The van der Waals surface area contributed by atoms with Gasteiger partial charge in [-0.2, -0.15) is 0 Å². The molecule has 0 aliphatic heterocycles. The maximum atomic E-state index is 11.1. The van der Waals surface area contributed by atoms with E-state index in [4.69, 9.17) is 10.5 Å². The van der Waals surface area contributed by atoms with Crippen LogP contribution < -0.4 is 15.8 Å². The monoisotopic (exact) mass is 284 g/mol. The van der Waals surface area contributed by atoms with Crippen molar-refractivity contribution in [2.45, 2.75) is 13.0 Å². The highest BCUT2D eigenvalue weighted by Gasteiger charge is 2.01. The van der Waals surface area contributed by atoms with E-state index in [1.54, 1.807) is 7.05 Å². The normalized spacial score (nSPS) is 10.2. The molecular weight excluding hydrogens is 264 g/mol. The molecule has 0 bridgehead atoms. The zero-order valence-electron chi connectivity index (χ0n) is 12.1. The van der Waals surface area contributed by atoms with Gasteiger partial charge in [-0.15, -0.1) is 0 Å². The lowest BCUT2D eigenvalue weighted by molar-refractivity contribution is -0.121. The van der Waals surface area contributed by atoms with Crippen molar-refractivity contribution in [1.29, 1.82) is 0 Å². The number of carbonyl (C=O) groups excluding carboxylic acids is 1. The molecule has 4 heteroatoms. The molecule has 0 unspecified atom stereocenters. The average Bonchev–Trinajstić information content (AvgIpc) is 2.55. The molecule has 110 valence electrons. The minimum Gasteiger partial charge on any atom is -0.493 e. The quantitative estimate of drug-likeness (QED) is 0.855. The molecule has 0 radical (unpaired) electrons. The standard InChI is InChI=1S/C17H20N2O2/c1-19-17(20)10-11-21-16-8-6-15(7-9-16)14-4-2-13(12-18)3-5-14/h2-9H,10-12,18H2,1H3,(H,19,20). The van der Waals surface area contributed by atoms with Gasteiger partial charge in [0.1, 0.15) is 5.75 Å². The van der Waals surface area contributed by atoms with E-state index in [0.717, 1.165) is 22.4 Å². The fraction of sp³-hybridized carbons (Fsp3) is 0.235. The zero-order valence-corrected chi connectivity index (χ0v) is 12.1. The van der Waals surface area contributed by atoms with Crippen molar-refractivity contribution in [3.8, 4) is 16.9 Å². The number of nitrogens with two attached hydrogens (primary N) is 1. The molecule has 0 aliphatic carbocycles. The average molecular weight is 284 g/mol. The Balaban J connectivity index is 1.96. The number of amides is 1. The maximum absolute atomic E-state index is 11.1. The van der Waals surface area contributed by atoms with E-state index >= 15 is 0 Å². The summed E-state index contributed by atoms with van der Waals surface area (Å²) in [6.07, 6.45) is 0.360. The first-order valence-electron chi connectivity index (χ1n) is 6.96. The zero-order chi connectivity index (χ0) is 15.1. The molecule has 0 atom stereocenters. The molecule has 0 saturated carbocycles. The summed E-state index contributed by atoms with van der Waals surface area (Å²) in [5, 5.41) is 2.56. The maximum Gasteiger partial charge on any atom is 0.223 e. The van der Waals surface area contributed by atoms with Crippen molar-refractivity contribution in [3.05, 3.63) is 54.1 Å². The molecule has 2 aromatic carbocycles. The Morgan fingerprint density at radius 2 is 1.62 bits per heavy atom. The van der Waals surface area contributed by atoms with Gasteiger partial charge in [0.25, 0.3) is 0 Å². The van der Waals surface area contributed by atoms with Crippen LogP contribution in [0.1, 0.15) is 12.0 Å². The van der Waals surface area contributed by atoms with Gasteiger partial charge in [-0.1, -0.05) is 36.4 Å². The van der Waals surface area contributed by atoms with Crippen LogP contribution in [0.3, 0.4) is 0 Å². The highest BCUT2D eigenvalue weighted by molar-refractivity contribution is 5.75. The van der Waals surface area contributed by atoms with Crippen LogP contribution in [0, 0.1) is 0 Å². The SMILES string of the molecule is CNC(=O)CCOc1ccc(-c2ccc(CN)cc2)cc1. The van der Waals surface area contributed by atoms with E-state index in [1.807, 2.05) is 36.4 Å². The first-order chi connectivity index (χ1) is 10.2. The molecule has 0 fully saturated rings. The van der Waals surface area contributed by atoms with Crippen molar-refractivity contribution < 1.29 is 9.53 Å². The highest BCUT2D eigenvalue weighted by Crippen LogP contribution is 2.22. The lowest BCUT2D eigenvalue weighted by Crippen LogP contribution is -2.20. The Labute approximate surface area is 124 Å². The first kappa shape index (κ1) is 15.1. The smallest absolute Gasteiger partial charge is 0.223 e. The number of rotatable bonds is 6. The Hall–Kier alpha value is -2.33. The van der Waals surface area contributed by atoms with Crippen molar-refractivity contribution in [2.75, 3.05) is 13.7 Å². The lowest BCUT2D eigenvalue weighted by Gasteiger charge is -2.07. The van der Waals surface area contributed by atoms with Gasteiger partial charge in [-0.25, -0.2) is 0 Å². The third kappa shape index (κ3) is 4.33. The van der Waals surface area contributed by atoms with Crippen LogP contribution in [0.2, 0.25) is 0 Å². The molecule has 3 N–H and O–H groups in total. The van der Waals surface area contributed by atoms with Gasteiger partial charge in [0.15, 0.2) is 0 Å². The van der Waals surface area contributed by atoms with E-state index in [-0.39, 0.29) is 5.91 Å². The van der Waals surface area contributed by atoms with E-state index in [0.29, 0.717) is 19.6 Å². The van der Waals surface area contributed by atoms with Crippen LogP contribution in [0.5, 0.6) is 5.75 Å². The number of benzene rings is 2. The first-order valence-corrected chi connectivity index (χ1v) is 6.96. The van der Waals surface area contributed by atoms with Gasteiger partial charge in [0.2, 0.25) is 5.91 Å². The third-order valence-electron chi connectivity index (χ3n) is 3.25. The number of hydrogen-bond donors (Lipinski definition) is 2. The molecule has 21 heavy (non-hydrogen) atoms. The van der Waals surface area contributed by atoms with Crippen molar-refractivity contribution in [2.24, 2.45) is 5.73 Å². The fourth-order valence-corrected chi connectivity index (χ4v) is 1.96. The lowest BCUT2D eigenvalue weighted by atomic mass is 10.0. The van der Waals surface area contributed by atoms with Crippen LogP contribution in [0.15, 0.2) is 48.5 Å². The second-order valence-electron chi connectivity index (χ2n) is 4.70. The number of carbonyl (C=O) groups is 1. The Morgan fingerprint density at radius 1 is 1.05 bits per heavy atom. The minimum atomic E-state index is -0.0217. The van der Waals surface area contributed by atoms with Gasteiger partial charge >= 0.3 is 0 Å². The molecule has 0 aliphatic rings. The molecule has 0 saturated heterocycles. The van der Waals surface area contributed by atoms with E-state index in [9.17, 15) is 4.79 Å². The van der Waals surface area contributed by atoms with Gasteiger partial charge in [0.05, 0.1) is 13.0 Å². The Morgan fingerprint density at radius 3 is 2.14 bits per heavy atom. The Bertz CT molecular complexity index is 577. The summed E-state index contributed by atoms with van der Waals surface area (Å²) in [6, 6.07) is 16.0. The van der Waals surface area contributed by atoms with Crippen LogP contribution in [0.4, 0.5) is 0 Å². The molecule has 0 spiro atoms. The predicted molar refractivity (Wildman–Crippen MR) is 83.9 cm³/mol. The van der Waals surface area contributed by atoms with Gasteiger partial charge < -0.3 is 15.8 Å². The largest absolute Gasteiger partial charge is 0.493 e. The van der Waals surface area contributed by atoms with Gasteiger partial charge in [0, 0.05) is 13.6 Å². The molecule has 2 aromatic rings. The number of nitrogens with one attached hydrogen (secondary N) is 1. The Kier molecular flexibility index (Phi) is 5.35. The number of hydrogen-bond acceptors (Lipinski definition) is 3. The van der Waals surface area contributed by atoms with Crippen molar-refractivity contribution in [3.63, 3.8) is 0 Å². The molecular formula is C17H20N2O2. The second kappa shape index (κ2) is 7.45. The van der Waals surface area contributed by atoms with Crippen LogP contribution >= 0.6 is 0 Å². The summed E-state index contributed by atoms with van der Waals surface area (Å²) in [5.41, 5.74) is 8.97. The summed E-state index contributed by atoms with van der Waals surface area (Å²) >= 11 is 0. The van der Waals surface area contributed by atoms with Gasteiger partial charge in [-0.05, 0) is 28.8 Å². The summed E-state index contributed by atoms with van der Waals surface area (Å²) in [6.45, 7) is 0.933. The van der Waals surface area contributed by atoms with Gasteiger partial charge in [-0.3, -0.25) is 4.79 Å². The summed E-state index contributed by atoms with van der Waals surface area (Å²) < 4.78 is 5.53. The fourth-order valence-electron chi connectivity index (χ4n) is 1.96. The van der Waals surface area contributed by atoms with E-state index in [2.05, 4.69) is 17.4 Å².